The zero-order valence-electron chi connectivity index (χ0n) is 14.4. The molecule has 1 aliphatic rings. The molecule has 0 saturated carbocycles. The van der Waals surface area contributed by atoms with Gasteiger partial charge in [0.05, 0.1) is 10.6 Å². The maximum Gasteiger partial charge on any atom is 0.328 e. The Labute approximate surface area is 154 Å². The van der Waals surface area contributed by atoms with Crippen molar-refractivity contribution in [3.8, 4) is 5.88 Å². The maximum absolute atomic E-state index is 12.7. The molecule has 3 N–H and O–H groups in total. The van der Waals surface area contributed by atoms with Crippen LogP contribution in [0.4, 0.5) is 11.4 Å². The zero-order chi connectivity index (χ0) is 19.4. The number of aromatic amines is 2. The topological polar surface area (TPSA) is 148 Å². The summed E-state index contributed by atoms with van der Waals surface area (Å²) < 4.78 is 26.9. The highest BCUT2D eigenvalue weighted by atomic mass is 32.2. The monoisotopic (exact) mass is 393 g/mol. The van der Waals surface area contributed by atoms with Gasteiger partial charge in [-0.1, -0.05) is 12.8 Å². The van der Waals surface area contributed by atoms with Crippen molar-refractivity contribution in [1.82, 2.24) is 14.3 Å². The number of H-pyrrole nitrogens is 2. The Hall–Kier alpha value is -2.79. The van der Waals surface area contributed by atoms with E-state index in [2.05, 4.69) is 10.2 Å². The Kier molecular flexibility index (Phi) is 5.51. The van der Waals surface area contributed by atoms with Crippen LogP contribution in [-0.4, -0.2) is 40.9 Å². The van der Waals surface area contributed by atoms with Gasteiger partial charge < -0.3 is 5.11 Å². The molecular weight excluding hydrogens is 374 g/mol. The van der Waals surface area contributed by atoms with Gasteiger partial charge in [-0.2, -0.15) is 9.42 Å². The van der Waals surface area contributed by atoms with Crippen LogP contribution in [0, 0.1) is 0 Å². The van der Waals surface area contributed by atoms with Crippen molar-refractivity contribution in [1.29, 1.82) is 0 Å². The number of hydrogen-bond acceptors (Lipinski definition) is 7. The van der Waals surface area contributed by atoms with Gasteiger partial charge in [0.2, 0.25) is 21.6 Å². The van der Waals surface area contributed by atoms with Crippen LogP contribution in [0.3, 0.4) is 0 Å². The molecule has 1 aromatic carbocycles. The lowest BCUT2D eigenvalue weighted by molar-refractivity contribution is 0.424. The molecule has 0 unspecified atom stereocenters. The van der Waals surface area contributed by atoms with Crippen LogP contribution < -0.4 is 11.2 Å². The molecule has 0 bridgehead atoms. The van der Waals surface area contributed by atoms with Crippen molar-refractivity contribution in [3.05, 3.63) is 45.1 Å². The third-order valence-corrected chi connectivity index (χ3v) is 6.12. The number of sulfonamides is 1. The fourth-order valence-corrected chi connectivity index (χ4v) is 4.30. The SMILES string of the molecule is O=c1[nH]c(O)c(N=Nc2ccc(S(=O)(=O)N3CCCCCC3)cc2)c(=O)[nH]1. The lowest BCUT2D eigenvalue weighted by atomic mass is 10.2. The molecular formula is C16H19N5O5S. The van der Waals surface area contributed by atoms with Crippen LogP contribution in [0.5, 0.6) is 5.88 Å². The number of aromatic hydroxyl groups is 1. The molecule has 1 saturated heterocycles. The second-order valence-electron chi connectivity index (χ2n) is 6.12. The molecule has 0 radical (unpaired) electrons. The summed E-state index contributed by atoms with van der Waals surface area (Å²) in [5, 5.41) is 17.0. The summed E-state index contributed by atoms with van der Waals surface area (Å²) in [6.07, 6.45) is 3.76. The molecule has 2 aromatic rings. The molecule has 1 aliphatic heterocycles. The summed E-state index contributed by atoms with van der Waals surface area (Å²) in [7, 11) is -3.56. The van der Waals surface area contributed by atoms with Gasteiger partial charge in [0, 0.05) is 13.1 Å². The van der Waals surface area contributed by atoms with Crippen LogP contribution in [0.1, 0.15) is 25.7 Å². The van der Waals surface area contributed by atoms with E-state index in [-0.39, 0.29) is 10.6 Å². The molecule has 1 fully saturated rings. The number of nitrogens with zero attached hydrogens (tertiary/aromatic N) is 3. The fourth-order valence-electron chi connectivity index (χ4n) is 2.78. The van der Waals surface area contributed by atoms with Crippen molar-refractivity contribution in [2.75, 3.05) is 13.1 Å². The number of azo groups is 1. The summed E-state index contributed by atoms with van der Waals surface area (Å²) >= 11 is 0. The molecule has 0 aliphatic carbocycles. The number of hydrogen-bond donors (Lipinski definition) is 3. The highest BCUT2D eigenvalue weighted by molar-refractivity contribution is 7.89. The van der Waals surface area contributed by atoms with Gasteiger partial charge in [-0.15, -0.1) is 5.11 Å². The average molecular weight is 393 g/mol. The van der Waals surface area contributed by atoms with Crippen LogP contribution >= 0.6 is 0 Å². The molecule has 2 heterocycles. The molecule has 11 heteroatoms. The van der Waals surface area contributed by atoms with Gasteiger partial charge in [-0.3, -0.25) is 14.8 Å². The van der Waals surface area contributed by atoms with Gasteiger partial charge in [-0.05, 0) is 37.1 Å². The van der Waals surface area contributed by atoms with Gasteiger partial charge >= 0.3 is 5.69 Å². The summed E-state index contributed by atoms with van der Waals surface area (Å²) in [5.74, 6) is -0.701. The van der Waals surface area contributed by atoms with E-state index in [1.54, 1.807) is 0 Å². The Balaban J connectivity index is 1.81. The van der Waals surface area contributed by atoms with Crippen molar-refractivity contribution < 1.29 is 13.5 Å². The summed E-state index contributed by atoms with van der Waals surface area (Å²) in [6, 6.07) is 5.74. The van der Waals surface area contributed by atoms with Crippen molar-refractivity contribution >= 4 is 21.4 Å². The lowest BCUT2D eigenvalue weighted by Gasteiger charge is -2.19. The van der Waals surface area contributed by atoms with E-state index < -0.39 is 32.8 Å². The molecule has 27 heavy (non-hydrogen) atoms. The minimum atomic E-state index is -3.56. The Morgan fingerprint density at radius 2 is 1.56 bits per heavy atom. The van der Waals surface area contributed by atoms with Crippen LogP contribution in [0.2, 0.25) is 0 Å². The third kappa shape index (κ3) is 4.31. The number of nitrogens with one attached hydrogen (secondary N) is 2. The minimum Gasteiger partial charge on any atom is -0.493 e. The van der Waals surface area contributed by atoms with E-state index in [1.807, 2.05) is 9.97 Å². The molecule has 3 rings (SSSR count). The first-order valence-electron chi connectivity index (χ1n) is 8.45. The summed E-state index contributed by atoms with van der Waals surface area (Å²) in [5.41, 5.74) is -1.91. The first-order chi connectivity index (χ1) is 12.9. The highest BCUT2D eigenvalue weighted by Gasteiger charge is 2.24. The van der Waals surface area contributed by atoms with Crippen LogP contribution in [-0.2, 0) is 10.0 Å². The lowest BCUT2D eigenvalue weighted by Crippen LogP contribution is -2.31. The number of rotatable bonds is 4. The molecule has 10 nitrogen and oxygen atoms in total. The number of aromatic nitrogens is 2. The predicted octanol–water partition coefficient (Wildman–Crippen LogP) is 1.75. The smallest absolute Gasteiger partial charge is 0.328 e. The quantitative estimate of drug-likeness (QED) is 0.677. The third-order valence-electron chi connectivity index (χ3n) is 4.20. The van der Waals surface area contributed by atoms with E-state index in [1.165, 1.54) is 28.6 Å². The van der Waals surface area contributed by atoms with E-state index in [0.717, 1.165) is 25.7 Å². The first-order valence-corrected chi connectivity index (χ1v) is 9.89. The predicted molar refractivity (Wildman–Crippen MR) is 97.2 cm³/mol. The summed E-state index contributed by atoms with van der Waals surface area (Å²) in [6.45, 7) is 1.02. The van der Waals surface area contributed by atoms with E-state index in [4.69, 9.17) is 0 Å². The zero-order valence-corrected chi connectivity index (χ0v) is 15.2. The van der Waals surface area contributed by atoms with Gasteiger partial charge in [0.1, 0.15) is 0 Å². The largest absolute Gasteiger partial charge is 0.493 e. The molecule has 0 spiro atoms. The molecule has 0 amide bonds. The fraction of sp³-hybridized carbons (Fsp3) is 0.375. The second-order valence-corrected chi connectivity index (χ2v) is 8.06. The maximum atomic E-state index is 12.7. The summed E-state index contributed by atoms with van der Waals surface area (Å²) in [4.78, 5) is 26.7. The van der Waals surface area contributed by atoms with E-state index >= 15 is 0 Å². The Bertz CT molecular complexity index is 1050. The minimum absolute atomic E-state index is 0.160. The number of benzene rings is 1. The Morgan fingerprint density at radius 1 is 0.926 bits per heavy atom. The van der Waals surface area contributed by atoms with Gasteiger partial charge in [0.15, 0.2) is 0 Å². The second kappa shape index (κ2) is 7.84. The van der Waals surface area contributed by atoms with Gasteiger partial charge in [0.25, 0.3) is 5.56 Å². The van der Waals surface area contributed by atoms with Crippen molar-refractivity contribution in [2.45, 2.75) is 30.6 Å². The first kappa shape index (κ1) is 19.0. The van der Waals surface area contributed by atoms with Crippen molar-refractivity contribution in [3.63, 3.8) is 0 Å². The van der Waals surface area contributed by atoms with Crippen LogP contribution in [0.25, 0.3) is 0 Å². The Morgan fingerprint density at radius 3 is 2.15 bits per heavy atom. The van der Waals surface area contributed by atoms with E-state index in [0.29, 0.717) is 13.1 Å². The highest BCUT2D eigenvalue weighted by Crippen LogP contribution is 2.24. The van der Waals surface area contributed by atoms with Crippen LogP contribution in [0.15, 0.2) is 49.0 Å². The molecule has 144 valence electrons. The van der Waals surface area contributed by atoms with E-state index in [9.17, 15) is 23.1 Å². The molecule has 1 aromatic heterocycles. The van der Waals surface area contributed by atoms with Crippen molar-refractivity contribution in [2.24, 2.45) is 10.2 Å². The van der Waals surface area contributed by atoms with Gasteiger partial charge in [-0.25, -0.2) is 13.2 Å². The standard InChI is InChI=1S/C16H19N5O5S/c22-14-13(15(23)18-16(24)17-14)20-19-11-5-7-12(8-6-11)27(25,26)21-9-3-1-2-4-10-21/h5-8H,1-4,9-10H2,(H3,17,18,22,23,24). The normalized spacial score (nSPS) is 16.4. The average Bonchev–Trinajstić information content (AvgIpc) is 2.91. The molecule has 0 atom stereocenters.